The van der Waals surface area contributed by atoms with Gasteiger partial charge in [0, 0.05) is 10.8 Å². The first-order chi connectivity index (χ1) is 9.58. The molecular formula is C16H18N2OS. The van der Waals surface area contributed by atoms with Gasteiger partial charge < -0.3 is 10.6 Å². The van der Waals surface area contributed by atoms with Crippen LogP contribution >= 0.6 is 11.3 Å². The van der Waals surface area contributed by atoms with Crippen LogP contribution in [0.2, 0.25) is 0 Å². The molecule has 0 spiro atoms. The number of anilines is 1. The smallest absolute Gasteiger partial charge is 0.256 e. The Morgan fingerprint density at radius 3 is 2.55 bits per heavy atom. The molecule has 0 saturated heterocycles. The van der Waals surface area contributed by atoms with E-state index in [4.69, 9.17) is 0 Å². The second-order valence-electron chi connectivity index (χ2n) is 5.28. The Labute approximate surface area is 123 Å². The molecule has 0 radical (unpaired) electrons. The summed E-state index contributed by atoms with van der Waals surface area (Å²) in [5.74, 6) is 0.254. The summed E-state index contributed by atoms with van der Waals surface area (Å²) >= 11 is 1.66. The fourth-order valence-electron chi connectivity index (χ4n) is 2.59. The Morgan fingerprint density at radius 1 is 1.15 bits per heavy atom. The van der Waals surface area contributed by atoms with Crippen LogP contribution in [-0.2, 0) is 0 Å². The van der Waals surface area contributed by atoms with Crippen molar-refractivity contribution in [2.75, 3.05) is 5.32 Å². The Kier molecular flexibility index (Phi) is 3.26. The molecule has 104 valence electrons. The van der Waals surface area contributed by atoms with E-state index in [2.05, 4.69) is 36.6 Å². The van der Waals surface area contributed by atoms with E-state index in [1.807, 2.05) is 25.1 Å². The molecule has 3 rings (SSSR count). The van der Waals surface area contributed by atoms with Crippen molar-refractivity contribution in [1.82, 2.24) is 5.32 Å². The van der Waals surface area contributed by atoms with E-state index in [0.29, 0.717) is 0 Å². The average molecular weight is 286 g/mol. The van der Waals surface area contributed by atoms with Crippen LogP contribution in [-0.4, -0.2) is 12.1 Å². The predicted molar refractivity (Wildman–Crippen MR) is 83.5 cm³/mol. The number of benzene rings is 1. The van der Waals surface area contributed by atoms with E-state index < -0.39 is 0 Å². The maximum atomic E-state index is 12.3. The highest BCUT2D eigenvalue weighted by Gasteiger charge is 2.31. The number of carbonyl (C=O) groups is 1. The van der Waals surface area contributed by atoms with Gasteiger partial charge in [-0.05, 0) is 25.0 Å². The summed E-state index contributed by atoms with van der Waals surface area (Å²) in [6.45, 7) is 6.20. The van der Waals surface area contributed by atoms with Crippen LogP contribution in [0.25, 0.3) is 0 Å². The number of aryl methyl sites for hydroxylation is 1. The van der Waals surface area contributed by atoms with E-state index >= 15 is 0 Å². The second-order valence-corrected chi connectivity index (χ2v) is 6.51. The zero-order chi connectivity index (χ0) is 14.3. The molecule has 2 aromatic rings. The van der Waals surface area contributed by atoms with Gasteiger partial charge in [-0.1, -0.05) is 37.3 Å². The Hall–Kier alpha value is -1.81. The molecule has 0 saturated carbocycles. The second kappa shape index (κ2) is 4.94. The lowest BCUT2D eigenvalue weighted by molar-refractivity contribution is 0.0931. The van der Waals surface area contributed by atoms with Gasteiger partial charge in [0.15, 0.2) is 0 Å². The summed E-state index contributed by atoms with van der Waals surface area (Å²) in [6, 6.07) is 10.3. The molecule has 2 heterocycles. The average Bonchev–Trinajstić information content (AvgIpc) is 2.74. The molecule has 0 aliphatic carbocycles. The number of nitrogens with one attached hydrogen (secondary N) is 2. The molecule has 1 aliphatic rings. The minimum Gasteiger partial charge on any atom is -0.356 e. The number of thiophene rings is 1. The van der Waals surface area contributed by atoms with E-state index in [1.54, 1.807) is 11.3 Å². The SMILES string of the molecule is Cc1sc2c(c1C)C(=O)NC(C(C)c1ccccc1)N2. The highest BCUT2D eigenvalue weighted by atomic mass is 32.1. The van der Waals surface area contributed by atoms with Crippen molar-refractivity contribution in [3.8, 4) is 0 Å². The predicted octanol–water partition coefficient (Wildman–Crippen LogP) is 3.65. The lowest BCUT2D eigenvalue weighted by Crippen LogP contribution is -2.47. The summed E-state index contributed by atoms with van der Waals surface area (Å²) in [7, 11) is 0. The molecular weight excluding hydrogens is 268 g/mol. The van der Waals surface area contributed by atoms with Gasteiger partial charge in [-0.15, -0.1) is 11.3 Å². The Morgan fingerprint density at radius 2 is 1.85 bits per heavy atom. The first kappa shape index (κ1) is 13.2. The fourth-order valence-corrected chi connectivity index (χ4v) is 3.69. The molecule has 2 unspecified atom stereocenters. The van der Waals surface area contributed by atoms with E-state index in [9.17, 15) is 4.79 Å². The topological polar surface area (TPSA) is 41.1 Å². The molecule has 1 amide bonds. The van der Waals surface area contributed by atoms with Crippen LogP contribution in [0, 0.1) is 13.8 Å². The van der Waals surface area contributed by atoms with Crippen LogP contribution in [0.5, 0.6) is 0 Å². The number of rotatable bonds is 2. The zero-order valence-corrected chi connectivity index (χ0v) is 12.7. The normalized spacial score (nSPS) is 18.9. The first-order valence-electron chi connectivity index (χ1n) is 6.80. The van der Waals surface area contributed by atoms with E-state index in [1.165, 1.54) is 10.4 Å². The summed E-state index contributed by atoms with van der Waals surface area (Å²) in [5, 5.41) is 7.55. The number of hydrogen-bond donors (Lipinski definition) is 2. The van der Waals surface area contributed by atoms with E-state index in [-0.39, 0.29) is 18.0 Å². The van der Waals surface area contributed by atoms with Gasteiger partial charge in [-0.2, -0.15) is 0 Å². The van der Waals surface area contributed by atoms with Gasteiger partial charge in [0.05, 0.1) is 5.56 Å². The first-order valence-corrected chi connectivity index (χ1v) is 7.62. The van der Waals surface area contributed by atoms with Crippen molar-refractivity contribution in [2.45, 2.75) is 32.9 Å². The highest BCUT2D eigenvalue weighted by Crippen LogP contribution is 2.36. The van der Waals surface area contributed by atoms with Gasteiger partial charge in [0.25, 0.3) is 5.91 Å². The fraction of sp³-hybridized carbons (Fsp3) is 0.312. The van der Waals surface area contributed by atoms with Crippen LogP contribution in [0.1, 0.15) is 39.2 Å². The summed E-state index contributed by atoms with van der Waals surface area (Å²) in [4.78, 5) is 13.5. The number of fused-ring (bicyclic) bond motifs is 1. The van der Waals surface area contributed by atoms with Crippen LogP contribution in [0.15, 0.2) is 30.3 Å². The minimum atomic E-state index is -0.0603. The molecule has 0 fully saturated rings. The van der Waals surface area contributed by atoms with Crippen LogP contribution in [0.3, 0.4) is 0 Å². The van der Waals surface area contributed by atoms with Crippen LogP contribution < -0.4 is 10.6 Å². The maximum Gasteiger partial charge on any atom is 0.256 e. The Balaban J connectivity index is 1.90. The minimum absolute atomic E-state index is 0.0355. The van der Waals surface area contributed by atoms with Crippen molar-refractivity contribution in [2.24, 2.45) is 0 Å². The standard InChI is InChI=1S/C16H18N2OS/c1-9-11(3)20-16-13(9)15(19)17-14(18-16)10(2)12-7-5-4-6-8-12/h4-8,10,14,18H,1-3H3,(H,17,19). The third-order valence-electron chi connectivity index (χ3n) is 4.01. The highest BCUT2D eigenvalue weighted by molar-refractivity contribution is 7.16. The van der Waals surface area contributed by atoms with Gasteiger partial charge in [-0.25, -0.2) is 0 Å². The monoisotopic (exact) mass is 286 g/mol. The molecule has 2 N–H and O–H groups in total. The van der Waals surface area contributed by atoms with Crippen molar-refractivity contribution in [3.63, 3.8) is 0 Å². The maximum absolute atomic E-state index is 12.3. The molecule has 4 heteroatoms. The molecule has 1 aliphatic heterocycles. The van der Waals surface area contributed by atoms with Gasteiger partial charge in [0.1, 0.15) is 11.2 Å². The number of carbonyl (C=O) groups excluding carboxylic acids is 1. The molecule has 3 nitrogen and oxygen atoms in total. The molecule has 2 atom stereocenters. The number of hydrogen-bond acceptors (Lipinski definition) is 3. The largest absolute Gasteiger partial charge is 0.356 e. The Bertz CT molecular complexity index is 648. The summed E-state index contributed by atoms with van der Waals surface area (Å²) in [6.07, 6.45) is -0.0603. The van der Waals surface area contributed by atoms with Crippen molar-refractivity contribution >= 4 is 22.2 Å². The van der Waals surface area contributed by atoms with Gasteiger partial charge >= 0.3 is 0 Å². The third-order valence-corrected chi connectivity index (χ3v) is 5.15. The quantitative estimate of drug-likeness (QED) is 0.884. The summed E-state index contributed by atoms with van der Waals surface area (Å²) in [5.41, 5.74) is 3.11. The van der Waals surface area contributed by atoms with Crippen LogP contribution in [0.4, 0.5) is 5.00 Å². The molecule has 20 heavy (non-hydrogen) atoms. The van der Waals surface area contributed by atoms with Gasteiger partial charge in [-0.3, -0.25) is 4.79 Å². The third kappa shape index (κ3) is 2.10. The zero-order valence-electron chi connectivity index (χ0n) is 11.9. The van der Waals surface area contributed by atoms with Crippen molar-refractivity contribution in [1.29, 1.82) is 0 Å². The lowest BCUT2D eigenvalue weighted by atomic mass is 9.96. The summed E-state index contributed by atoms with van der Waals surface area (Å²) < 4.78 is 0. The van der Waals surface area contributed by atoms with E-state index in [0.717, 1.165) is 16.1 Å². The molecule has 1 aromatic heterocycles. The lowest BCUT2D eigenvalue weighted by Gasteiger charge is -2.31. The van der Waals surface area contributed by atoms with Crippen molar-refractivity contribution in [3.05, 3.63) is 51.9 Å². The van der Waals surface area contributed by atoms with Gasteiger partial charge in [0.2, 0.25) is 0 Å². The van der Waals surface area contributed by atoms with Crippen molar-refractivity contribution < 1.29 is 4.79 Å². The molecule has 1 aromatic carbocycles. The number of amides is 1. The molecule has 0 bridgehead atoms.